The number of sulfone groups is 1. The molecule has 0 aromatic heterocycles. The largest absolute Gasteiger partial charge is 0.496 e. The first kappa shape index (κ1) is 30.7. The minimum Gasteiger partial charge on any atom is -0.496 e. The van der Waals surface area contributed by atoms with Gasteiger partial charge in [-0.2, -0.15) is 8.78 Å². The summed E-state index contributed by atoms with van der Waals surface area (Å²) < 4.78 is 63.0. The van der Waals surface area contributed by atoms with Crippen LogP contribution >= 0.6 is 0 Å². The number of carboxylic acids is 1. The van der Waals surface area contributed by atoms with Crippen molar-refractivity contribution in [3.8, 4) is 17.2 Å². The molecule has 0 spiro atoms. The highest BCUT2D eigenvalue weighted by atomic mass is 32.2. The third-order valence-electron chi connectivity index (χ3n) is 7.70. The second-order valence-electron chi connectivity index (χ2n) is 10.6. The van der Waals surface area contributed by atoms with Crippen LogP contribution in [0, 0.1) is 17.8 Å². The zero-order valence-corrected chi connectivity index (χ0v) is 24.3. The van der Waals surface area contributed by atoms with Gasteiger partial charge in [-0.15, -0.1) is 0 Å². The van der Waals surface area contributed by atoms with Gasteiger partial charge in [-0.1, -0.05) is 30.4 Å². The molecule has 230 valence electrons. The molecule has 3 aromatic rings. The Hall–Kier alpha value is -4.78. The lowest BCUT2D eigenvalue weighted by Gasteiger charge is -2.28. The number of para-hydroxylation sites is 1. The molecule has 0 aliphatic heterocycles. The molecule has 2 amide bonds. The molecule has 44 heavy (non-hydrogen) atoms. The molecule has 4 atom stereocenters. The fraction of sp³-hybridized carbons (Fsp3) is 0.258. The number of anilines is 1. The Morgan fingerprint density at radius 1 is 0.932 bits per heavy atom. The maximum Gasteiger partial charge on any atom is 0.347 e. The summed E-state index contributed by atoms with van der Waals surface area (Å²) in [7, 11) is -3.58. The minimum atomic E-state index is -4.96. The van der Waals surface area contributed by atoms with Gasteiger partial charge in [0.15, 0.2) is 0 Å². The Labute approximate surface area is 251 Å². The van der Waals surface area contributed by atoms with Crippen molar-refractivity contribution >= 4 is 33.3 Å². The number of hydrogen-bond donors (Lipinski definition) is 3. The standard InChI is InChI=1S/C31H28F2N2O8S/c1-31(32,33)44(40,41)21-7-5-6-19(15-21)34-29(37)26-17-10-11-18(14-17)27(26)35-28(36)23-16-20(12-13-24(23)42-2)43-25-9-4-3-8-22(25)30(38)39/h3-13,15-18,26-27H,14H2,1-2H3,(H,34,37)(H,35,36)(H,38,39)/t17-,18+,26+,27-/m1/s1. The Morgan fingerprint density at radius 2 is 1.66 bits per heavy atom. The van der Waals surface area contributed by atoms with Crippen LogP contribution < -0.4 is 20.1 Å². The first-order valence-electron chi connectivity index (χ1n) is 13.5. The average Bonchev–Trinajstić information content (AvgIpc) is 3.59. The van der Waals surface area contributed by atoms with E-state index in [9.17, 15) is 36.7 Å². The number of rotatable bonds is 10. The number of fused-ring (bicyclic) bond motifs is 2. The summed E-state index contributed by atoms with van der Waals surface area (Å²) in [5, 5.41) is 11.0. The van der Waals surface area contributed by atoms with Crippen LogP contribution in [-0.2, 0) is 14.6 Å². The van der Waals surface area contributed by atoms with Crippen LogP contribution in [0.2, 0.25) is 0 Å². The predicted octanol–water partition coefficient (Wildman–Crippen LogP) is 5.13. The molecule has 0 radical (unpaired) electrons. The first-order valence-corrected chi connectivity index (χ1v) is 15.0. The Bertz CT molecular complexity index is 1770. The SMILES string of the molecule is COc1ccc(Oc2ccccc2C(=O)O)cc1C(=O)N[C@H]1[C@@H](C(=O)Nc2cccc(S(=O)(=O)C(C)(F)F)c2)[C@@H]2C=C[C@H]1C2. The third-order valence-corrected chi connectivity index (χ3v) is 9.52. The number of ether oxygens (including phenoxy) is 2. The number of alkyl halides is 2. The molecule has 10 nitrogen and oxygen atoms in total. The van der Waals surface area contributed by atoms with Gasteiger partial charge in [0.25, 0.3) is 5.91 Å². The summed E-state index contributed by atoms with van der Waals surface area (Å²) >= 11 is 0. The summed E-state index contributed by atoms with van der Waals surface area (Å²) in [6.07, 6.45) is 4.38. The van der Waals surface area contributed by atoms with Gasteiger partial charge in [-0.3, -0.25) is 9.59 Å². The van der Waals surface area contributed by atoms with Crippen molar-refractivity contribution in [1.29, 1.82) is 0 Å². The number of aromatic carboxylic acids is 1. The van der Waals surface area contributed by atoms with E-state index in [2.05, 4.69) is 10.6 Å². The smallest absolute Gasteiger partial charge is 0.347 e. The van der Waals surface area contributed by atoms with Crippen molar-refractivity contribution in [2.24, 2.45) is 17.8 Å². The molecule has 1 saturated carbocycles. The van der Waals surface area contributed by atoms with E-state index < -0.39 is 49.7 Å². The lowest BCUT2D eigenvalue weighted by atomic mass is 9.87. The number of benzene rings is 3. The highest BCUT2D eigenvalue weighted by molar-refractivity contribution is 7.92. The summed E-state index contributed by atoms with van der Waals surface area (Å²) in [6, 6.07) is 14.5. The van der Waals surface area contributed by atoms with E-state index in [0.717, 1.165) is 12.1 Å². The second kappa shape index (κ2) is 11.7. The van der Waals surface area contributed by atoms with Gasteiger partial charge in [-0.25, -0.2) is 13.2 Å². The maximum atomic E-state index is 13.7. The number of carboxylic acid groups (broad SMARTS) is 1. The van der Waals surface area contributed by atoms with E-state index in [4.69, 9.17) is 9.47 Å². The Kier molecular flexibility index (Phi) is 8.17. The topological polar surface area (TPSA) is 148 Å². The number of carbonyl (C=O) groups is 3. The fourth-order valence-electron chi connectivity index (χ4n) is 5.57. The average molecular weight is 627 g/mol. The molecule has 0 heterocycles. The van der Waals surface area contributed by atoms with Gasteiger partial charge in [-0.05, 0) is 66.8 Å². The number of nitrogens with one attached hydrogen (secondary N) is 2. The first-order chi connectivity index (χ1) is 20.8. The maximum absolute atomic E-state index is 13.7. The van der Waals surface area contributed by atoms with E-state index in [-0.39, 0.29) is 52.8 Å². The van der Waals surface area contributed by atoms with Gasteiger partial charge in [0.1, 0.15) is 22.8 Å². The van der Waals surface area contributed by atoms with E-state index in [0.29, 0.717) is 6.42 Å². The van der Waals surface area contributed by atoms with Crippen LogP contribution in [-0.4, -0.2) is 49.7 Å². The molecule has 3 aromatic carbocycles. The summed E-state index contributed by atoms with van der Waals surface area (Å²) in [4.78, 5) is 38.0. The third kappa shape index (κ3) is 5.87. The lowest BCUT2D eigenvalue weighted by Crippen LogP contribution is -2.47. The van der Waals surface area contributed by atoms with Crippen LogP contribution in [0.15, 0.2) is 83.8 Å². The van der Waals surface area contributed by atoms with Crippen molar-refractivity contribution in [2.45, 2.75) is 29.5 Å². The van der Waals surface area contributed by atoms with Crippen LogP contribution in [0.3, 0.4) is 0 Å². The van der Waals surface area contributed by atoms with Crippen molar-refractivity contribution in [3.63, 3.8) is 0 Å². The summed E-state index contributed by atoms with van der Waals surface area (Å²) in [5.41, 5.74) is 0.0379. The zero-order valence-electron chi connectivity index (χ0n) is 23.5. The molecule has 2 aliphatic rings. The molecular formula is C31H28F2N2O8S. The number of methoxy groups -OCH3 is 1. The molecule has 13 heteroatoms. The van der Waals surface area contributed by atoms with Gasteiger partial charge in [0, 0.05) is 18.7 Å². The molecule has 2 aliphatic carbocycles. The zero-order chi connectivity index (χ0) is 31.8. The van der Waals surface area contributed by atoms with Crippen LogP contribution in [0.5, 0.6) is 17.2 Å². The number of halogens is 2. The second-order valence-corrected chi connectivity index (χ2v) is 12.8. The van der Waals surface area contributed by atoms with Crippen molar-refractivity contribution in [1.82, 2.24) is 5.32 Å². The molecule has 5 rings (SSSR count). The lowest BCUT2D eigenvalue weighted by molar-refractivity contribution is -0.121. The predicted molar refractivity (Wildman–Crippen MR) is 155 cm³/mol. The summed E-state index contributed by atoms with van der Waals surface area (Å²) in [6.45, 7) is 0.286. The van der Waals surface area contributed by atoms with Crippen LogP contribution in [0.25, 0.3) is 0 Å². The van der Waals surface area contributed by atoms with E-state index in [1.54, 1.807) is 12.1 Å². The highest BCUT2D eigenvalue weighted by Crippen LogP contribution is 2.44. The summed E-state index contributed by atoms with van der Waals surface area (Å²) in [5.74, 6) is -2.93. The van der Waals surface area contributed by atoms with Crippen molar-refractivity contribution < 1.29 is 46.2 Å². The van der Waals surface area contributed by atoms with E-state index >= 15 is 0 Å². The molecule has 3 N–H and O–H groups in total. The van der Waals surface area contributed by atoms with E-state index in [1.807, 2.05) is 12.2 Å². The Balaban J connectivity index is 1.36. The normalized spacial score (nSPS) is 20.6. The quantitative estimate of drug-likeness (QED) is 0.263. The molecule has 2 bridgehead atoms. The Morgan fingerprint density at radius 3 is 2.36 bits per heavy atom. The van der Waals surface area contributed by atoms with Gasteiger partial charge >= 0.3 is 11.2 Å². The molecular weight excluding hydrogens is 598 g/mol. The van der Waals surface area contributed by atoms with Crippen LogP contribution in [0.1, 0.15) is 34.1 Å². The van der Waals surface area contributed by atoms with Crippen LogP contribution in [0.4, 0.5) is 14.5 Å². The highest BCUT2D eigenvalue weighted by Gasteiger charge is 2.49. The van der Waals surface area contributed by atoms with Crippen molar-refractivity contribution in [2.75, 3.05) is 12.4 Å². The number of amides is 2. The number of carbonyl (C=O) groups excluding carboxylic acids is 2. The molecule has 1 fully saturated rings. The fourth-order valence-corrected chi connectivity index (χ4v) is 6.52. The van der Waals surface area contributed by atoms with E-state index in [1.165, 1.54) is 49.6 Å². The monoisotopic (exact) mass is 626 g/mol. The van der Waals surface area contributed by atoms with Gasteiger partial charge in [0.2, 0.25) is 15.7 Å². The number of allylic oxidation sites excluding steroid dienone is 1. The molecule has 0 unspecified atom stereocenters. The molecule has 0 saturated heterocycles. The van der Waals surface area contributed by atoms with Gasteiger partial charge < -0.3 is 25.2 Å². The van der Waals surface area contributed by atoms with Gasteiger partial charge in [0.05, 0.1) is 23.5 Å². The minimum absolute atomic E-state index is 0.0188. The van der Waals surface area contributed by atoms with Crippen molar-refractivity contribution in [3.05, 3.63) is 90.0 Å². The number of hydrogen-bond acceptors (Lipinski definition) is 7.